The summed E-state index contributed by atoms with van der Waals surface area (Å²) >= 11 is 0. The lowest BCUT2D eigenvalue weighted by molar-refractivity contribution is 0.0341. The van der Waals surface area contributed by atoms with E-state index in [4.69, 9.17) is 9.47 Å². The molecule has 1 spiro atoms. The molecular formula is C15H26O2. The first-order valence-electron chi connectivity index (χ1n) is 7.29. The van der Waals surface area contributed by atoms with Gasteiger partial charge < -0.3 is 9.47 Å². The van der Waals surface area contributed by atoms with E-state index in [0.29, 0.717) is 6.10 Å². The molecule has 0 aliphatic carbocycles. The monoisotopic (exact) mass is 238 g/mol. The zero-order valence-corrected chi connectivity index (χ0v) is 11.1. The molecule has 0 radical (unpaired) electrons. The van der Waals surface area contributed by atoms with Crippen molar-refractivity contribution in [2.24, 2.45) is 0 Å². The zero-order chi connectivity index (χ0) is 12.0. The fourth-order valence-electron chi connectivity index (χ4n) is 2.63. The Morgan fingerprint density at radius 2 is 2.12 bits per heavy atom. The smallest absolute Gasteiger partial charge is 0.122 e. The summed E-state index contributed by atoms with van der Waals surface area (Å²) in [6.07, 6.45) is 15.3. The van der Waals surface area contributed by atoms with E-state index in [0.717, 1.165) is 19.6 Å². The van der Waals surface area contributed by atoms with Gasteiger partial charge in [0.15, 0.2) is 0 Å². The molecule has 0 aromatic carbocycles. The third-order valence-corrected chi connectivity index (χ3v) is 3.84. The highest BCUT2D eigenvalue weighted by Gasteiger charge is 2.55. The highest BCUT2D eigenvalue weighted by Crippen LogP contribution is 2.43. The lowest BCUT2D eigenvalue weighted by Gasteiger charge is -2.18. The van der Waals surface area contributed by atoms with Crippen LogP contribution in [0.1, 0.15) is 58.3 Å². The lowest BCUT2D eigenvalue weighted by atomic mass is 9.98. The molecule has 2 heteroatoms. The highest BCUT2D eigenvalue weighted by atomic mass is 16.6. The molecule has 2 aliphatic heterocycles. The SMILES string of the molecule is CCCCCCCC=CC1OC12CCCOC2. The minimum Gasteiger partial charge on any atom is -0.378 e. The second-order valence-electron chi connectivity index (χ2n) is 5.39. The van der Waals surface area contributed by atoms with Gasteiger partial charge in [-0.25, -0.2) is 0 Å². The minimum absolute atomic E-state index is 0.0803. The number of unbranched alkanes of at least 4 members (excludes halogenated alkanes) is 5. The van der Waals surface area contributed by atoms with E-state index in [1.807, 2.05) is 0 Å². The topological polar surface area (TPSA) is 21.8 Å². The summed E-state index contributed by atoms with van der Waals surface area (Å²) in [4.78, 5) is 0. The first kappa shape index (κ1) is 13.1. The Kier molecular flexibility index (Phi) is 5.05. The Balaban J connectivity index is 1.53. The van der Waals surface area contributed by atoms with E-state index in [9.17, 15) is 0 Å². The van der Waals surface area contributed by atoms with E-state index in [1.54, 1.807) is 0 Å². The first-order valence-corrected chi connectivity index (χ1v) is 7.29. The molecule has 0 N–H and O–H groups in total. The quantitative estimate of drug-likeness (QED) is 0.382. The van der Waals surface area contributed by atoms with Crippen LogP contribution in [0.3, 0.4) is 0 Å². The number of ether oxygens (including phenoxy) is 2. The van der Waals surface area contributed by atoms with Crippen LogP contribution in [0.5, 0.6) is 0 Å². The van der Waals surface area contributed by atoms with Crippen molar-refractivity contribution in [2.75, 3.05) is 13.2 Å². The van der Waals surface area contributed by atoms with Crippen LogP contribution in [-0.4, -0.2) is 24.9 Å². The van der Waals surface area contributed by atoms with Crippen LogP contribution in [0.25, 0.3) is 0 Å². The molecule has 0 bridgehead atoms. The van der Waals surface area contributed by atoms with Gasteiger partial charge in [-0.3, -0.25) is 0 Å². The summed E-state index contributed by atoms with van der Waals surface area (Å²) in [7, 11) is 0. The zero-order valence-electron chi connectivity index (χ0n) is 11.1. The molecule has 2 fully saturated rings. The van der Waals surface area contributed by atoms with Crippen molar-refractivity contribution in [3.05, 3.63) is 12.2 Å². The van der Waals surface area contributed by atoms with Crippen LogP contribution in [0, 0.1) is 0 Å². The summed E-state index contributed by atoms with van der Waals surface area (Å²) < 4.78 is 11.3. The maximum absolute atomic E-state index is 5.78. The fourth-order valence-corrected chi connectivity index (χ4v) is 2.63. The molecule has 2 saturated heterocycles. The van der Waals surface area contributed by atoms with Gasteiger partial charge in [-0.15, -0.1) is 0 Å². The average Bonchev–Trinajstić information content (AvgIpc) is 3.01. The minimum atomic E-state index is 0.0803. The van der Waals surface area contributed by atoms with E-state index in [1.165, 1.54) is 44.9 Å². The van der Waals surface area contributed by atoms with Gasteiger partial charge in [0.05, 0.1) is 6.61 Å². The van der Waals surface area contributed by atoms with Crippen molar-refractivity contribution in [3.63, 3.8) is 0 Å². The van der Waals surface area contributed by atoms with Gasteiger partial charge in [0, 0.05) is 6.61 Å². The number of allylic oxidation sites excluding steroid dienone is 1. The summed E-state index contributed by atoms with van der Waals surface area (Å²) in [5, 5.41) is 0. The standard InChI is InChI=1S/C15H26O2/c1-2-3-4-5-6-7-8-10-14-15(17-14)11-9-12-16-13-15/h8,10,14H,2-7,9,11-13H2,1H3. The predicted octanol–water partition coefficient (Wildman–Crippen LogP) is 3.85. The molecule has 2 heterocycles. The van der Waals surface area contributed by atoms with Crippen LogP contribution < -0.4 is 0 Å². The number of hydrogen-bond acceptors (Lipinski definition) is 2. The fraction of sp³-hybridized carbons (Fsp3) is 0.867. The van der Waals surface area contributed by atoms with Crippen LogP contribution in [-0.2, 0) is 9.47 Å². The number of hydrogen-bond donors (Lipinski definition) is 0. The second kappa shape index (κ2) is 6.55. The number of rotatable bonds is 7. The molecule has 2 rings (SSSR count). The number of epoxide rings is 1. The molecule has 2 aliphatic rings. The average molecular weight is 238 g/mol. The Hall–Kier alpha value is -0.340. The maximum atomic E-state index is 5.78. The predicted molar refractivity (Wildman–Crippen MR) is 70.2 cm³/mol. The van der Waals surface area contributed by atoms with Crippen molar-refractivity contribution in [1.29, 1.82) is 0 Å². The molecule has 0 amide bonds. The van der Waals surface area contributed by atoms with Crippen molar-refractivity contribution < 1.29 is 9.47 Å². The van der Waals surface area contributed by atoms with Gasteiger partial charge >= 0.3 is 0 Å². The molecule has 98 valence electrons. The van der Waals surface area contributed by atoms with Gasteiger partial charge in [0.2, 0.25) is 0 Å². The van der Waals surface area contributed by atoms with Gasteiger partial charge in [-0.1, -0.05) is 44.8 Å². The largest absolute Gasteiger partial charge is 0.378 e. The van der Waals surface area contributed by atoms with Gasteiger partial charge in [-0.2, -0.15) is 0 Å². The molecule has 2 nitrogen and oxygen atoms in total. The summed E-state index contributed by atoms with van der Waals surface area (Å²) in [6, 6.07) is 0. The van der Waals surface area contributed by atoms with Crippen molar-refractivity contribution in [3.8, 4) is 0 Å². The summed E-state index contributed by atoms with van der Waals surface area (Å²) in [5.41, 5.74) is 0.0803. The van der Waals surface area contributed by atoms with E-state index in [2.05, 4.69) is 19.1 Å². The van der Waals surface area contributed by atoms with Crippen LogP contribution in [0.15, 0.2) is 12.2 Å². The van der Waals surface area contributed by atoms with Crippen molar-refractivity contribution >= 4 is 0 Å². The Labute approximate surface area is 105 Å². The van der Waals surface area contributed by atoms with Gasteiger partial charge in [0.25, 0.3) is 0 Å². The molecule has 17 heavy (non-hydrogen) atoms. The molecular weight excluding hydrogens is 212 g/mol. The normalized spacial score (nSPS) is 32.4. The Morgan fingerprint density at radius 3 is 2.88 bits per heavy atom. The van der Waals surface area contributed by atoms with Crippen LogP contribution in [0.4, 0.5) is 0 Å². The van der Waals surface area contributed by atoms with Gasteiger partial charge in [0.1, 0.15) is 11.7 Å². The molecule has 0 aromatic heterocycles. The maximum Gasteiger partial charge on any atom is 0.122 e. The second-order valence-corrected chi connectivity index (χ2v) is 5.39. The Bertz CT molecular complexity index is 241. The first-order chi connectivity index (χ1) is 8.37. The molecule has 2 unspecified atom stereocenters. The molecule has 0 saturated carbocycles. The van der Waals surface area contributed by atoms with Crippen molar-refractivity contribution in [1.82, 2.24) is 0 Å². The van der Waals surface area contributed by atoms with Crippen LogP contribution in [0.2, 0.25) is 0 Å². The molecule has 2 atom stereocenters. The van der Waals surface area contributed by atoms with Gasteiger partial charge in [-0.05, 0) is 25.7 Å². The lowest BCUT2D eigenvalue weighted by Crippen LogP contribution is -2.27. The summed E-state index contributed by atoms with van der Waals surface area (Å²) in [6.45, 7) is 3.98. The van der Waals surface area contributed by atoms with Crippen molar-refractivity contribution in [2.45, 2.75) is 70.0 Å². The van der Waals surface area contributed by atoms with E-state index >= 15 is 0 Å². The summed E-state index contributed by atoms with van der Waals surface area (Å²) in [5.74, 6) is 0. The Morgan fingerprint density at radius 1 is 1.24 bits per heavy atom. The van der Waals surface area contributed by atoms with Crippen LogP contribution >= 0.6 is 0 Å². The van der Waals surface area contributed by atoms with E-state index < -0.39 is 0 Å². The molecule has 0 aromatic rings. The van der Waals surface area contributed by atoms with E-state index in [-0.39, 0.29) is 5.60 Å². The third-order valence-electron chi connectivity index (χ3n) is 3.84. The third kappa shape index (κ3) is 3.82. The highest BCUT2D eigenvalue weighted by molar-refractivity contribution is 5.14.